The predicted molar refractivity (Wildman–Crippen MR) is 40.4 cm³/mol. The van der Waals surface area contributed by atoms with Gasteiger partial charge in [0.05, 0.1) is 12.0 Å². The molecular formula is C8H14N2. The molecule has 2 heteroatoms. The third-order valence-corrected chi connectivity index (χ3v) is 2.31. The van der Waals surface area contributed by atoms with Crippen LogP contribution >= 0.6 is 0 Å². The molecule has 0 amide bonds. The third-order valence-electron chi connectivity index (χ3n) is 2.31. The number of hydrogen-bond acceptors (Lipinski definition) is 2. The lowest BCUT2D eigenvalue weighted by molar-refractivity contribution is 0.0871. The van der Waals surface area contributed by atoms with Gasteiger partial charge in [-0.3, -0.25) is 4.90 Å². The molecule has 1 atom stereocenters. The van der Waals surface area contributed by atoms with Crippen LogP contribution in [0.15, 0.2) is 0 Å². The van der Waals surface area contributed by atoms with Crippen LogP contribution in [0.1, 0.15) is 20.3 Å². The van der Waals surface area contributed by atoms with Crippen molar-refractivity contribution in [2.45, 2.75) is 26.3 Å². The molecule has 1 heterocycles. The second kappa shape index (κ2) is 3.03. The number of hydrogen-bond donors (Lipinski definition) is 0. The zero-order chi connectivity index (χ0) is 7.56. The fraction of sp³-hybridized carbons (Fsp3) is 0.875. The van der Waals surface area contributed by atoms with Crippen molar-refractivity contribution < 1.29 is 0 Å². The summed E-state index contributed by atoms with van der Waals surface area (Å²) in [5, 5.41) is 8.48. The Hall–Kier alpha value is -0.550. The van der Waals surface area contributed by atoms with Gasteiger partial charge in [-0.2, -0.15) is 5.26 Å². The first-order valence-electron chi connectivity index (χ1n) is 3.91. The summed E-state index contributed by atoms with van der Waals surface area (Å²) in [6.07, 6.45) is 1.19. The standard InChI is InChI=1S/C8H14N2/c1-3-7(2)10-5-8(4-9)6-10/h7-8H,3,5-6H2,1-2H3/t7-/m1/s1. The van der Waals surface area contributed by atoms with Crippen LogP contribution in [-0.2, 0) is 0 Å². The van der Waals surface area contributed by atoms with Gasteiger partial charge in [-0.25, -0.2) is 0 Å². The lowest BCUT2D eigenvalue weighted by Crippen LogP contribution is -2.50. The van der Waals surface area contributed by atoms with Gasteiger partial charge in [-0.15, -0.1) is 0 Å². The van der Waals surface area contributed by atoms with Gasteiger partial charge < -0.3 is 0 Å². The SMILES string of the molecule is CC[C@@H](C)N1CC(C#N)C1. The summed E-state index contributed by atoms with van der Waals surface area (Å²) in [5.74, 6) is 0.314. The van der Waals surface area contributed by atoms with Crippen LogP contribution in [0.3, 0.4) is 0 Å². The van der Waals surface area contributed by atoms with E-state index in [2.05, 4.69) is 24.8 Å². The van der Waals surface area contributed by atoms with Gasteiger partial charge in [-0.05, 0) is 13.3 Å². The first kappa shape index (κ1) is 7.56. The molecule has 10 heavy (non-hydrogen) atoms. The summed E-state index contributed by atoms with van der Waals surface area (Å²) < 4.78 is 0. The minimum absolute atomic E-state index is 0.314. The van der Waals surface area contributed by atoms with Gasteiger partial charge in [0.25, 0.3) is 0 Å². The van der Waals surface area contributed by atoms with Gasteiger partial charge in [0.2, 0.25) is 0 Å². The Morgan fingerprint density at radius 3 is 2.70 bits per heavy atom. The summed E-state index contributed by atoms with van der Waals surface area (Å²) in [5.41, 5.74) is 0. The van der Waals surface area contributed by atoms with Crippen molar-refractivity contribution in [1.29, 1.82) is 5.26 Å². The molecule has 0 unspecified atom stereocenters. The maximum atomic E-state index is 8.48. The molecule has 1 aliphatic heterocycles. The first-order valence-corrected chi connectivity index (χ1v) is 3.91. The zero-order valence-corrected chi connectivity index (χ0v) is 6.67. The largest absolute Gasteiger partial charge is 0.298 e. The normalized spacial score (nSPS) is 23.3. The van der Waals surface area contributed by atoms with Crippen LogP contribution in [0.4, 0.5) is 0 Å². The molecule has 0 radical (unpaired) electrons. The Kier molecular flexibility index (Phi) is 2.29. The number of nitriles is 1. The highest BCUT2D eigenvalue weighted by molar-refractivity contribution is 4.96. The van der Waals surface area contributed by atoms with Gasteiger partial charge in [0.1, 0.15) is 0 Å². The topological polar surface area (TPSA) is 27.0 Å². The molecule has 56 valence electrons. The molecular weight excluding hydrogens is 124 g/mol. The van der Waals surface area contributed by atoms with E-state index in [0.29, 0.717) is 12.0 Å². The van der Waals surface area contributed by atoms with E-state index in [1.165, 1.54) is 6.42 Å². The van der Waals surface area contributed by atoms with Gasteiger partial charge in [-0.1, -0.05) is 6.92 Å². The van der Waals surface area contributed by atoms with E-state index in [-0.39, 0.29) is 0 Å². The Morgan fingerprint density at radius 2 is 2.30 bits per heavy atom. The van der Waals surface area contributed by atoms with Crippen LogP contribution in [-0.4, -0.2) is 24.0 Å². The van der Waals surface area contributed by atoms with Crippen molar-refractivity contribution in [2.75, 3.05) is 13.1 Å². The minimum atomic E-state index is 0.314. The second-order valence-electron chi connectivity index (χ2n) is 3.04. The highest BCUT2D eigenvalue weighted by Gasteiger charge is 2.28. The number of rotatable bonds is 2. The van der Waals surface area contributed by atoms with Crippen molar-refractivity contribution in [2.24, 2.45) is 5.92 Å². The summed E-state index contributed by atoms with van der Waals surface area (Å²) in [6.45, 7) is 6.38. The van der Waals surface area contributed by atoms with E-state index < -0.39 is 0 Å². The Balaban J connectivity index is 2.20. The molecule has 0 aromatic rings. The highest BCUT2D eigenvalue weighted by Crippen LogP contribution is 2.18. The molecule has 1 rings (SSSR count). The maximum absolute atomic E-state index is 8.48. The van der Waals surface area contributed by atoms with Crippen molar-refractivity contribution in [3.63, 3.8) is 0 Å². The van der Waals surface area contributed by atoms with Crippen molar-refractivity contribution in [1.82, 2.24) is 4.90 Å². The highest BCUT2D eigenvalue weighted by atomic mass is 15.2. The van der Waals surface area contributed by atoms with E-state index in [0.717, 1.165) is 13.1 Å². The third kappa shape index (κ3) is 1.30. The molecule has 0 aromatic heterocycles. The molecule has 1 saturated heterocycles. The van der Waals surface area contributed by atoms with E-state index in [1.54, 1.807) is 0 Å². The van der Waals surface area contributed by atoms with E-state index in [9.17, 15) is 0 Å². The van der Waals surface area contributed by atoms with Crippen LogP contribution in [0.5, 0.6) is 0 Å². The van der Waals surface area contributed by atoms with Gasteiger partial charge in [0.15, 0.2) is 0 Å². The molecule has 0 aliphatic carbocycles. The maximum Gasteiger partial charge on any atom is 0.0717 e. The molecule has 1 aliphatic rings. The van der Waals surface area contributed by atoms with Gasteiger partial charge >= 0.3 is 0 Å². The number of nitrogens with zero attached hydrogens (tertiary/aromatic N) is 2. The Labute approximate surface area is 62.4 Å². The lowest BCUT2D eigenvalue weighted by atomic mass is 9.99. The average molecular weight is 138 g/mol. The fourth-order valence-electron chi connectivity index (χ4n) is 1.21. The predicted octanol–water partition coefficient (Wildman–Crippen LogP) is 1.24. The van der Waals surface area contributed by atoms with Gasteiger partial charge in [0, 0.05) is 19.1 Å². The average Bonchev–Trinajstić information content (AvgIpc) is 1.85. The quantitative estimate of drug-likeness (QED) is 0.574. The van der Waals surface area contributed by atoms with Crippen LogP contribution < -0.4 is 0 Å². The molecule has 0 spiro atoms. The van der Waals surface area contributed by atoms with E-state index in [1.807, 2.05) is 0 Å². The zero-order valence-electron chi connectivity index (χ0n) is 6.67. The molecule has 0 saturated carbocycles. The molecule has 0 aromatic carbocycles. The fourth-order valence-corrected chi connectivity index (χ4v) is 1.21. The van der Waals surface area contributed by atoms with Crippen LogP contribution in [0.25, 0.3) is 0 Å². The van der Waals surface area contributed by atoms with Crippen LogP contribution in [0.2, 0.25) is 0 Å². The van der Waals surface area contributed by atoms with E-state index >= 15 is 0 Å². The summed E-state index contributed by atoms with van der Waals surface area (Å²) in [4.78, 5) is 2.36. The minimum Gasteiger partial charge on any atom is -0.298 e. The van der Waals surface area contributed by atoms with Crippen LogP contribution in [0, 0.1) is 17.2 Å². The number of likely N-dealkylation sites (tertiary alicyclic amines) is 1. The lowest BCUT2D eigenvalue weighted by Gasteiger charge is -2.39. The van der Waals surface area contributed by atoms with Crippen molar-refractivity contribution in [3.05, 3.63) is 0 Å². The van der Waals surface area contributed by atoms with Crippen molar-refractivity contribution in [3.8, 4) is 6.07 Å². The molecule has 0 bridgehead atoms. The molecule has 0 N–H and O–H groups in total. The summed E-state index contributed by atoms with van der Waals surface area (Å²) >= 11 is 0. The molecule has 2 nitrogen and oxygen atoms in total. The monoisotopic (exact) mass is 138 g/mol. The summed E-state index contributed by atoms with van der Waals surface area (Å²) in [7, 11) is 0. The second-order valence-corrected chi connectivity index (χ2v) is 3.04. The Morgan fingerprint density at radius 1 is 1.70 bits per heavy atom. The van der Waals surface area contributed by atoms with Crippen molar-refractivity contribution >= 4 is 0 Å². The summed E-state index contributed by atoms with van der Waals surface area (Å²) in [6, 6.07) is 2.94. The molecule has 1 fully saturated rings. The first-order chi connectivity index (χ1) is 4.77. The Bertz CT molecular complexity index is 142. The van der Waals surface area contributed by atoms with E-state index in [4.69, 9.17) is 5.26 Å². The smallest absolute Gasteiger partial charge is 0.0717 e.